The van der Waals surface area contributed by atoms with Crippen molar-refractivity contribution in [3.8, 4) is 11.8 Å². The third kappa shape index (κ3) is 6.24. The van der Waals surface area contributed by atoms with Crippen molar-refractivity contribution >= 4 is 33.9 Å². The van der Waals surface area contributed by atoms with E-state index in [0.717, 1.165) is 4.47 Å². The molecule has 0 fully saturated rings. The molecule has 0 saturated heterocycles. The Hall–Kier alpha value is -2.33. The number of ether oxygens (including phenoxy) is 2. The molecule has 1 atom stereocenters. The second-order valence-electron chi connectivity index (χ2n) is 5.84. The number of amides is 1. The molecule has 0 saturated carbocycles. The Bertz CT molecular complexity index is 710. The molecule has 134 valence electrons. The van der Waals surface area contributed by atoms with Crippen molar-refractivity contribution in [1.82, 2.24) is 5.32 Å². The van der Waals surface area contributed by atoms with Crippen LogP contribution in [0.25, 0.3) is 6.08 Å². The molecule has 0 radical (unpaired) electrons. The van der Waals surface area contributed by atoms with Crippen LogP contribution in [0.5, 0.6) is 5.75 Å². The lowest BCUT2D eigenvalue weighted by Gasteiger charge is -2.27. The number of methoxy groups -OCH3 is 1. The van der Waals surface area contributed by atoms with Crippen LogP contribution in [0, 0.1) is 17.2 Å². The number of hydrogen-bond acceptors (Lipinski definition) is 5. The summed E-state index contributed by atoms with van der Waals surface area (Å²) in [5.41, 5.74) is -0.321. The molecule has 0 spiro atoms. The zero-order valence-electron chi connectivity index (χ0n) is 14.6. The summed E-state index contributed by atoms with van der Waals surface area (Å²) in [6.45, 7) is 4.81. The Kier molecular flexibility index (Phi) is 7.65. The van der Waals surface area contributed by atoms with Gasteiger partial charge >= 0.3 is 5.97 Å². The zero-order valence-corrected chi connectivity index (χ0v) is 16.2. The number of carbonyl (C=O) groups is 2. The minimum Gasteiger partial charge on any atom is -0.496 e. The first kappa shape index (κ1) is 20.7. The fraction of sp³-hybridized carbons (Fsp3) is 0.389. The van der Waals surface area contributed by atoms with E-state index in [1.807, 2.05) is 19.9 Å². The highest BCUT2D eigenvalue weighted by atomic mass is 79.9. The highest BCUT2D eigenvalue weighted by molar-refractivity contribution is 9.10. The van der Waals surface area contributed by atoms with E-state index < -0.39 is 24.0 Å². The first-order valence-corrected chi connectivity index (χ1v) is 8.41. The minimum atomic E-state index is -1.01. The molecule has 0 heterocycles. The van der Waals surface area contributed by atoms with E-state index in [9.17, 15) is 9.59 Å². The molecule has 7 heteroatoms. The first-order chi connectivity index (χ1) is 11.7. The second kappa shape index (κ2) is 9.23. The number of carbonyl (C=O) groups excluding carboxylic acids is 2. The van der Waals surface area contributed by atoms with Crippen LogP contribution in [0.2, 0.25) is 0 Å². The van der Waals surface area contributed by atoms with E-state index in [1.165, 1.54) is 19.3 Å². The van der Waals surface area contributed by atoms with Gasteiger partial charge in [0.05, 0.1) is 13.2 Å². The standard InChI is InChI=1S/C18H21BrN2O4/c1-12(2)18(3,11-20)21-16(22)10-25-17(23)8-5-13-9-14(19)6-7-15(13)24-4/h5-9,12H,10H2,1-4H3,(H,21,22)/b8-5+/t18-/m0/s1. The molecule has 0 aliphatic rings. The highest BCUT2D eigenvalue weighted by Gasteiger charge is 2.30. The number of esters is 1. The van der Waals surface area contributed by atoms with Crippen molar-refractivity contribution in [3.63, 3.8) is 0 Å². The van der Waals surface area contributed by atoms with Gasteiger partial charge in [0.15, 0.2) is 6.61 Å². The molecule has 1 amide bonds. The van der Waals surface area contributed by atoms with Crippen LogP contribution in [0.4, 0.5) is 0 Å². The number of nitrogens with one attached hydrogen (secondary N) is 1. The quantitative estimate of drug-likeness (QED) is 0.553. The number of nitriles is 1. The average Bonchev–Trinajstić information content (AvgIpc) is 2.57. The summed E-state index contributed by atoms with van der Waals surface area (Å²) < 4.78 is 10.9. The van der Waals surface area contributed by atoms with Crippen LogP contribution in [-0.2, 0) is 14.3 Å². The summed E-state index contributed by atoms with van der Waals surface area (Å²) in [6.07, 6.45) is 2.75. The molecule has 6 nitrogen and oxygen atoms in total. The number of halogens is 1. The van der Waals surface area contributed by atoms with Gasteiger partial charge in [0.1, 0.15) is 11.3 Å². The molecule has 1 aromatic carbocycles. The SMILES string of the molecule is COc1ccc(Br)cc1/C=C/C(=O)OCC(=O)N[C@@](C)(C#N)C(C)C. The number of hydrogen-bond donors (Lipinski definition) is 1. The van der Waals surface area contributed by atoms with Gasteiger partial charge in [0.25, 0.3) is 5.91 Å². The zero-order chi connectivity index (χ0) is 19.0. The summed E-state index contributed by atoms with van der Waals surface area (Å²) in [7, 11) is 1.53. The van der Waals surface area contributed by atoms with Crippen molar-refractivity contribution in [2.75, 3.05) is 13.7 Å². The van der Waals surface area contributed by atoms with E-state index >= 15 is 0 Å². The van der Waals surface area contributed by atoms with Gasteiger partial charge in [-0.25, -0.2) is 4.79 Å². The fourth-order valence-corrected chi connectivity index (χ4v) is 2.18. The van der Waals surface area contributed by atoms with E-state index in [-0.39, 0.29) is 5.92 Å². The Balaban J connectivity index is 2.62. The summed E-state index contributed by atoms with van der Waals surface area (Å²) in [4.78, 5) is 23.6. The van der Waals surface area contributed by atoms with Gasteiger partial charge in [0.2, 0.25) is 0 Å². The number of rotatable bonds is 7. The predicted octanol–water partition coefficient (Wildman–Crippen LogP) is 3.07. The van der Waals surface area contributed by atoms with Crippen LogP contribution in [-0.4, -0.2) is 31.1 Å². The Morgan fingerprint density at radius 3 is 2.68 bits per heavy atom. The monoisotopic (exact) mass is 408 g/mol. The maximum atomic E-state index is 11.9. The smallest absolute Gasteiger partial charge is 0.331 e. The number of benzene rings is 1. The van der Waals surface area contributed by atoms with Crippen molar-refractivity contribution < 1.29 is 19.1 Å². The first-order valence-electron chi connectivity index (χ1n) is 7.62. The van der Waals surface area contributed by atoms with Crippen molar-refractivity contribution in [2.24, 2.45) is 5.92 Å². The molecule has 1 rings (SSSR count). The number of nitrogens with zero attached hydrogens (tertiary/aromatic N) is 1. The van der Waals surface area contributed by atoms with Gasteiger partial charge in [-0.3, -0.25) is 4.79 Å². The molecule has 1 aromatic rings. The van der Waals surface area contributed by atoms with E-state index in [4.69, 9.17) is 14.7 Å². The van der Waals surface area contributed by atoms with Gasteiger partial charge in [-0.1, -0.05) is 29.8 Å². The van der Waals surface area contributed by atoms with E-state index in [2.05, 4.69) is 27.3 Å². The molecule has 0 aliphatic carbocycles. The lowest BCUT2D eigenvalue weighted by Crippen LogP contribution is -2.50. The van der Waals surface area contributed by atoms with Crippen LogP contribution in [0.3, 0.4) is 0 Å². The lowest BCUT2D eigenvalue weighted by atomic mass is 9.90. The van der Waals surface area contributed by atoms with Crippen LogP contribution in [0.15, 0.2) is 28.7 Å². The Morgan fingerprint density at radius 2 is 2.12 bits per heavy atom. The van der Waals surface area contributed by atoms with Gasteiger partial charge in [-0.05, 0) is 37.1 Å². The van der Waals surface area contributed by atoms with Gasteiger partial charge < -0.3 is 14.8 Å². The van der Waals surface area contributed by atoms with Gasteiger partial charge in [0, 0.05) is 16.1 Å². The van der Waals surface area contributed by atoms with Crippen molar-refractivity contribution in [1.29, 1.82) is 5.26 Å². The summed E-state index contributed by atoms with van der Waals surface area (Å²) in [5, 5.41) is 11.7. The fourth-order valence-electron chi connectivity index (χ4n) is 1.81. The van der Waals surface area contributed by atoms with E-state index in [0.29, 0.717) is 11.3 Å². The lowest BCUT2D eigenvalue weighted by molar-refractivity contribution is -0.144. The van der Waals surface area contributed by atoms with Gasteiger partial charge in [-0.2, -0.15) is 5.26 Å². The molecule has 1 N–H and O–H groups in total. The van der Waals surface area contributed by atoms with Crippen molar-refractivity contribution in [3.05, 3.63) is 34.3 Å². The molecular formula is C18H21BrN2O4. The summed E-state index contributed by atoms with van der Waals surface area (Å²) >= 11 is 3.34. The van der Waals surface area contributed by atoms with Crippen molar-refractivity contribution in [2.45, 2.75) is 26.3 Å². The molecule has 25 heavy (non-hydrogen) atoms. The van der Waals surface area contributed by atoms with Crippen LogP contribution in [0.1, 0.15) is 26.3 Å². The molecule has 0 unspecified atom stereocenters. The maximum absolute atomic E-state index is 11.9. The second-order valence-corrected chi connectivity index (χ2v) is 6.76. The van der Waals surface area contributed by atoms with Crippen LogP contribution < -0.4 is 10.1 Å². The molecular weight excluding hydrogens is 388 g/mol. The highest BCUT2D eigenvalue weighted by Crippen LogP contribution is 2.24. The maximum Gasteiger partial charge on any atom is 0.331 e. The average molecular weight is 409 g/mol. The van der Waals surface area contributed by atoms with Gasteiger partial charge in [-0.15, -0.1) is 0 Å². The van der Waals surface area contributed by atoms with E-state index in [1.54, 1.807) is 19.1 Å². The Morgan fingerprint density at radius 1 is 1.44 bits per heavy atom. The summed E-state index contributed by atoms with van der Waals surface area (Å²) in [5.74, 6) is -0.673. The minimum absolute atomic E-state index is 0.0824. The topological polar surface area (TPSA) is 88.4 Å². The Labute approximate surface area is 155 Å². The summed E-state index contributed by atoms with van der Waals surface area (Å²) in [6, 6.07) is 7.42. The predicted molar refractivity (Wildman–Crippen MR) is 97.7 cm³/mol. The van der Waals surface area contributed by atoms with Crippen LogP contribution >= 0.6 is 15.9 Å². The largest absolute Gasteiger partial charge is 0.496 e. The molecule has 0 bridgehead atoms. The molecule has 0 aromatic heterocycles. The third-order valence-corrected chi connectivity index (χ3v) is 4.22. The molecule has 0 aliphatic heterocycles. The normalized spacial score (nSPS) is 13.2. The third-order valence-electron chi connectivity index (χ3n) is 3.72.